The third-order valence-electron chi connectivity index (χ3n) is 3.74. The van der Waals surface area contributed by atoms with Crippen LogP contribution in [0.15, 0.2) is 36.5 Å². The van der Waals surface area contributed by atoms with Crippen molar-refractivity contribution in [1.82, 2.24) is 15.2 Å². The molecule has 1 aliphatic rings. The summed E-state index contributed by atoms with van der Waals surface area (Å²) in [5.74, 6) is 0. The first kappa shape index (κ1) is 13.3. The molecule has 0 unspecified atom stereocenters. The number of pyridine rings is 1. The Morgan fingerprint density at radius 1 is 1.20 bits per heavy atom. The second-order valence-corrected chi connectivity index (χ2v) is 5.66. The van der Waals surface area contributed by atoms with Gasteiger partial charge in [0.25, 0.3) is 0 Å². The first-order valence-electron chi connectivity index (χ1n) is 7.15. The Hall–Kier alpha value is -1.71. The predicted molar refractivity (Wildman–Crippen MR) is 82.5 cm³/mol. The average molecular weight is 267 g/mol. The van der Waals surface area contributed by atoms with Crippen molar-refractivity contribution in [2.75, 3.05) is 20.6 Å². The third-order valence-corrected chi connectivity index (χ3v) is 3.74. The van der Waals surface area contributed by atoms with E-state index in [-0.39, 0.29) is 0 Å². The van der Waals surface area contributed by atoms with Gasteiger partial charge in [0.05, 0.1) is 5.69 Å². The van der Waals surface area contributed by atoms with E-state index in [4.69, 9.17) is 0 Å². The van der Waals surface area contributed by atoms with Gasteiger partial charge in [0.1, 0.15) is 0 Å². The van der Waals surface area contributed by atoms with Gasteiger partial charge in [0.2, 0.25) is 0 Å². The average Bonchev–Trinajstić information content (AvgIpc) is 2.47. The summed E-state index contributed by atoms with van der Waals surface area (Å²) in [6.45, 7) is 2.97. The first-order chi connectivity index (χ1) is 9.74. The number of nitrogens with one attached hydrogen (secondary N) is 1. The largest absolute Gasteiger partial charge is 0.312 e. The molecule has 0 amide bonds. The van der Waals surface area contributed by atoms with Crippen LogP contribution in [-0.4, -0.2) is 30.5 Å². The lowest BCUT2D eigenvalue weighted by Crippen LogP contribution is -2.24. The number of benzene rings is 1. The maximum absolute atomic E-state index is 4.66. The Kier molecular flexibility index (Phi) is 3.81. The monoisotopic (exact) mass is 267 g/mol. The molecular formula is C17H21N3. The quantitative estimate of drug-likeness (QED) is 0.926. The lowest BCUT2D eigenvalue weighted by atomic mass is 9.93. The second-order valence-electron chi connectivity index (χ2n) is 5.66. The van der Waals surface area contributed by atoms with Crippen molar-refractivity contribution >= 4 is 0 Å². The Labute approximate surface area is 120 Å². The van der Waals surface area contributed by atoms with E-state index in [1.165, 1.54) is 22.3 Å². The van der Waals surface area contributed by atoms with Crippen molar-refractivity contribution in [3.63, 3.8) is 0 Å². The first-order valence-corrected chi connectivity index (χ1v) is 7.15. The molecule has 0 fully saturated rings. The van der Waals surface area contributed by atoms with E-state index >= 15 is 0 Å². The van der Waals surface area contributed by atoms with Crippen LogP contribution in [0.1, 0.15) is 16.7 Å². The molecule has 3 rings (SSSR count). The molecule has 1 N–H and O–H groups in total. The number of rotatable bonds is 3. The van der Waals surface area contributed by atoms with Crippen LogP contribution in [0.3, 0.4) is 0 Å². The van der Waals surface area contributed by atoms with Crippen molar-refractivity contribution in [3.8, 4) is 11.3 Å². The molecule has 0 bridgehead atoms. The van der Waals surface area contributed by atoms with Crippen LogP contribution in [0, 0.1) is 0 Å². The van der Waals surface area contributed by atoms with Crippen molar-refractivity contribution < 1.29 is 0 Å². The maximum Gasteiger partial charge on any atom is 0.0705 e. The molecule has 0 saturated heterocycles. The van der Waals surface area contributed by atoms with Crippen molar-refractivity contribution in [2.24, 2.45) is 0 Å². The summed E-state index contributed by atoms with van der Waals surface area (Å²) in [4.78, 5) is 6.82. The molecule has 0 radical (unpaired) electrons. The van der Waals surface area contributed by atoms with Gasteiger partial charge >= 0.3 is 0 Å². The van der Waals surface area contributed by atoms with E-state index in [0.29, 0.717) is 0 Å². The minimum absolute atomic E-state index is 0.935. The molecule has 2 aromatic rings. The number of nitrogens with zero attached hydrogens (tertiary/aromatic N) is 2. The summed E-state index contributed by atoms with van der Waals surface area (Å²) in [6, 6.07) is 10.9. The van der Waals surface area contributed by atoms with E-state index in [1.807, 2.05) is 6.20 Å². The second kappa shape index (κ2) is 5.73. The summed E-state index contributed by atoms with van der Waals surface area (Å²) >= 11 is 0. The van der Waals surface area contributed by atoms with Gasteiger partial charge in [0.15, 0.2) is 0 Å². The van der Waals surface area contributed by atoms with Crippen LogP contribution >= 0.6 is 0 Å². The highest BCUT2D eigenvalue weighted by molar-refractivity contribution is 5.66. The van der Waals surface area contributed by atoms with Crippen LogP contribution in [0.5, 0.6) is 0 Å². The summed E-state index contributed by atoms with van der Waals surface area (Å²) in [5, 5.41) is 3.42. The molecule has 20 heavy (non-hydrogen) atoms. The van der Waals surface area contributed by atoms with Crippen molar-refractivity contribution in [2.45, 2.75) is 19.5 Å². The molecule has 3 nitrogen and oxygen atoms in total. The third kappa shape index (κ3) is 2.74. The molecule has 1 aromatic heterocycles. The van der Waals surface area contributed by atoms with Gasteiger partial charge in [-0.25, -0.2) is 0 Å². The minimum Gasteiger partial charge on any atom is -0.312 e. The van der Waals surface area contributed by atoms with Gasteiger partial charge in [-0.3, -0.25) is 4.98 Å². The number of aromatic nitrogens is 1. The lowest BCUT2D eigenvalue weighted by molar-refractivity contribution is 0.402. The van der Waals surface area contributed by atoms with Crippen LogP contribution in [0.2, 0.25) is 0 Å². The van der Waals surface area contributed by atoms with Gasteiger partial charge in [-0.15, -0.1) is 0 Å². The van der Waals surface area contributed by atoms with E-state index in [1.54, 1.807) is 0 Å². The minimum atomic E-state index is 0.935. The molecule has 0 atom stereocenters. The SMILES string of the molecule is CN(C)Cc1ccc(-c2cccc3c2CCNC3)nc1. The molecule has 0 aliphatic carbocycles. The molecule has 104 valence electrons. The van der Waals surface area contributed by atoms with E-state index in [9.17, 15) is 0 Å². The number of hydrogen-bond donors (Lipinski definition) is 1. The molecule has 3 heteroatoms. The summed E-state index contributed by atoms with van der Waals surface area (Å²) < 4.78 is 0. The highest BCUT2D eigenvalue weighted by atomic mass is 15.0. The number of hydrogen-bond acceptors (Lipinski definition) is 3. The van der Waals surface area contributed by atoms with Crippen LogP contribution in [0.25, 0.3) is 11.3 Å². The van der Waals surface area contributed by atoms with Crippen molar-refractivity contribution in [3.05, 3.63) is 53.2 Å². The van der Waals surface area contributed by atoms with Crippen molar-refractivity contribution in [1.29, 1.82) is 0 Å². The zero-order valence-electron chi connectivity index (χ0n) is 12.2. The summed E-state index contributed by atoms with van der Waals surface area (Å²) in [5.41, 5.74) is 6.50. The smallest absolute Gasteiger partial charge is 0.0705 e. The van der Waals surface area contributed by atoms with Gasteiger partial charge in [-0.05, 0) is 49.8 Å². The molecule has 1 aliphatic heterocycles. The predicted octanol–water partition coefficient (Wildman–Crippen LogP) is 2.46. The fourth-order valence-corrected chi connectivity index (χ4v) is 2.81. The number of fused-ring (bicyclic) bond motifs is 1. The molecular weight excluding hydrogens is 246 g/mol. The zero-order chi connectivity index (χ0) is 13.9. The Morgan fingerprint density at radius 2 is 2.10 bits per heavy atom. The molecule has 1 aromatic carbocycles. The fourth-order valence-electron chi connectivity index (χ4n) is 2.81. The van der Waals surface area contributed by atoms with Crippen LogP contribution in [0.4, 0.5) is 0 Å². The van der Waals surface area contributed by atoms with E-state index in [2.05, 4.69) is 59.6 Å². The fraction of sp³-hybridized carbons (Fsp3) is 0.353. The highest BCUT2D eigenvalue weighted by Gasteiger charge is 2.14. The Morgan fingerprint density at radius 3 is 2.85 bits per heavy atom. The standard InChI is InChI=1S/C17H21N3/c1-20(2)12-13-6-7-17(19-10-13)16-5-3-4-14-11-18-9-8-15(14)16/h3-7,10,18H,8-9,11-12H2,1-2H3. The van der Waals surface area contributed by atoms with Crippen LogP contribution < -0.4 is 5.32 Å². The lowest BCUT2D eigenvalue weighted by Gasteiger charge is -2.20. The van der Waals surface area contributed by atoms with Gasteiger partial charge in [-0.2, -0.15) is 0 Å². The van der Waals surface area contributed by atoms with Crippen LogP contribution in [-0.2, 0) is 19.5 Å². The van der Waals surface area contributed by atoms with E-state index in [0.717, 1.165) is 31.7 Å². The topological polar surface area (TPSA) is 28.2 Å². The molecule has 2 heterocycles. The highest BCUT2D eigenvalue weighted by Crippen LogP contribution is 2.27. The van der Waals surface area contributed by atoms with E-state index < -0.39 is 0 Å². The molecule has 0 saturated carbocycles. The van der Waals surface area contributed by atoms with Gasteiger partial charge in [0, 0.05) is 24.8 Å². The normalized spacial score (nSPS) is 14.3. The summed E-state index contributed by atoms with van der Waals surface area (Å²) in [6.07, 6.45) is 3.09. The maximum atomic E-state index is 4.66. The van der Waals surface area contributed by atoms with Gasteiger partial charge in [-0.1, -0.05) is 24.3 Å². The Balaban J connectivity index is 1.93. The molecule has 0 spiro atoms. The summed E-state index contributed by atoms with van der Waals surface area (Å²) in [7, 11) is 4.16. The Bertz CT molecular complexity index is 588. The van der Waals surface area contributed by atoms with Gasteiger partial charge < -0.3 is 10.2 Å². The zero-order valence-corrected chi connectivity index (χ0v) is 12.2.